The molecule has 0 atom stereocenters. The number of rotatable bonds is 5. The highest BCUT2D eigenvalue weighted by atomic mass is 15.1. The molecule has 0 fully saturated rings. The number of nitrogens with zero attached hydrogens (tertiary/aromatic N) is 3. The first-order chi connectivity index (χ1) is 28.3. The van der Waals surface area contributed by atoms with E-state index in [1.165, 1.54) is 82.8 Å². The van der Waals surface area contributed by atoms with Crippen molar-refractivity contribution in [2.75, 3.05) is 0 Å². The first-order valence-electron chi connectivity index (χ1n) is 19.9. The van der Waals surface area contributed by atoms with Crippen LogP contribution in [0, 0.1) is 0 Å². The summed E-state index contributed by atoms with van der Waals surface area (Å²) in [6.07, 6.45) is 4.07. The number of aliphatic imine (C=N–C) groups is 1. The summed E-state index contributed by atoms with van der Waals surface area (Å²) in [6.45, 7) is 0. The van der Waals surface area contributed by atoms with Crippen molar-refractivity contribution in [1.29, 1.82) is 0 Å². The highest BCUT2D eigenvalue weighted by Crippen LogP contribution is 2.57. The zero-order valence-electron chi connectivity index (χ0n) is 31.3. The van der Waals surface area contributed by atoms with E-state index in [9.17, 15) is 0 Å². The minimum atomic E-state index is -0.460. The van der Waals surface area contributed by atoms with Crippen LogP contribution in [0.2, 0.25) is 0 Å². The van der Waals surface area contributed by atoms with Crippen molar-refractivity contribution in [2.45, 2.75) is 18.3 Å². The van der Waals surface area contributed by atoms with Crippen molar-refractivity contribution in [3.63, 3.8) is 0 Å². The van der Waals surface area contributed by atoms with Crippen LogP contribution in [-0.4, -0.2) is 15.3 Å². The third-order valence-electron chi connectivity index (χ3n) is 12.5. The molecule has 1 aliphatic carbocycles. The number of fused-ring (bicyclic) bond motifs is 9. The lowest BCUT2D eigenvalue weighted by molar-refractivity contribution is 0.769. The van der Waals surface area contributed by atoms with Crippen LogP contribution in [0.15, 0.2) is 199 Å². The van der Waals surface area contributed by atoms with E-state index in [1.807, 2.05) is 0 Å². The number of hydrogen-bond donors (Lipinski definition) is 0. The Morgan fingerprint density at radius 3 is 1.67 bits per heavy atom. The van der Waals surface area contributed by atoms with Gasteiger partial charge in [-0.25, -0.2) is 4.99 Å². The van der Waals surface area contributed by atoms with E-state index in [2.05, 4.69) is 209 Å². The molecule has 12 rings (SSSR count). The van der Waals surface area contributed by atoms with Crippen molar-refractivity contribution in [1.82, 2.24) is 9.13 Å². The quantitative estimate of drug-likeness (QED) is 0.168. The summed E-state index contributed by atoms with van der Waals surface area (Å²) in [5.41, 5.74) is 17.0. The van der Waals surface area contributed by atoms with Crippen LogP contribution in [0.4, 0.5) is 5.82 Å². The molecule has 0 saturated carbocycles. The molecule has 0 N–H and O–H groups in total. The van der Waals surface area contributed by atoms with Gasteiger partial charge in [0.05, 0.1) is 22.0 Å². The lowest BCUT2D eigenvalue weighted by atomic mass is 9.67. The van der Waals surface area contributed by atoms with Gasteiger partial charge in [0.25, 0.3) is 0 Å². The molecule has 8 aromatic carbocycles. The normalized spacial score (nSPS) is 13.9. The Kier molecular flexibility index (Phi) is 6.97. The maximum Gasteiger partial charge on any atom is 0.141 e. The maximum atomic E-state index is 4.87. The fourth-order valence-electron chi connectivity index (χ4n) is 10.1. The molecule has 0 spiro atoms. The monoisotopic (exact) mass is 727 g/mol. The molecule has 0 unspecified atom stereocenters. The van der Waals surface area contributed by atoms with Gasteiger partial charge in [0, 0.05) is 39.3 Å². The van der Waals surface area contributed by atoms with E-state index in [4.69, 9.17) is 4.99 Å². The summed E-state index contributed by atoms with van der Waals surface area (Å²) in [5, 5.41) is 3.82. The summed E-state index contributed by atoms with van der Waals surface area (Å²) < 4.78 is 4.78. The number of aryl methyl sites for hydroxylation is 1. The third-order valence-corrected chi connectivity index (χ3v) is 12.5. The van der Waals surface area contributed by atoms with Gasteiger partial charge >= 0.3 is 0 Å². The Balaban J connectivity index is 1.01. The minimum Gasteiger partial charge on any atom is -0.309 e. The van der Waals surface area contributed by atoms with E-state index in [1.54, 1.807) is 0 Å². The van der Waals surface area contributed by atoms with Crippen molar-refractivity contribution in [2.24, 2.45) is 4.99 Å². The van der Waals surface area contributed by atoms with E-state index < -0.39 is 5.41 Å². The highest BCUT2D eigenvalue weighted by molar-refractivity contribution is 6.12. The van der Waals surface area contributed by atoms with E-state index in [-0.39, 0.29) is 0 Å². The summed E-state index contributed by atoms with van der Waals surface area (Å²) >= 11 is 0. The van der Waals surface area contributed by atoms with Crippen molar-refractivity contribution < 1.29 is 0 Å². The molecular weight excluding hydrogens is 691 g/mol. The lowest BCUT2D eigenvalue weighted by Gasteiger charge is -2.34. The van der Waals surface area contributed by atoms with E-state index >= 15 is 0 Å². The topological polar surface area (TPSA) is 22.2 Å². The van der Waals surface area contributed by atoms with Crippen LogP contribution in [0.5, 0.6) is 0 Å². The standard InChI is InChI=1S/C54H37N3/c1-3-14-38(15-4-1)54(39-16-5-2-6-17-39)48-22-10-7-18-42(48)46-34-47-44-20-9-11-23-50(44)56(52(47)35-49(46)54)40-29-25-36(26-30-40)37-27-31-41(32-28-37)57-51-24-12-8-19-43(51)45-21-13-33-55-53(45)57/h1-12,14-20,22-35H,13,21H2. The fourth-order valence-corrected chi connectivity index (χ4v) is 10.1. The Morgan fingerprint density at radius 1 is 0.421 bits per heavy atom. The Labute approximate surface area is 331 Å². The zero-order chi connectivity index (χ0) is 37.5. The molecule has 10 aromatic rings. The van der Waals surface area contributed by atoms with Crippen molar-refractivity contribution in [3.05, 3.63) is 222 Å². The van der Waals surface area contributed by atoms with Gasteiger partial charge in [-0.3, -0.25) is 4.57 Å². The summed E-state index contributed by atoms with van der Waals surface area (Å²) in [5.74, 6) is 1.06. The maximum absolute atomic E-state index is 4.87. The second kappa shape index (κ2) is 12.4. The van der Waals surface area contributed by atoms with Gasteiger partial charge in [-0.1, -0.05) is 146 Å². The smallest absolute Gasteiger partial charge is 0.141 e. The molecule has 268 valence electrons. The molecule has 3 nitrogen and oxygen atoms in total. The first-order valence-corrected chi connectivity index (χ1v) is 19.9. The van der Waals surface area contributed by atoms with Crippen molar-refractivity contribution >= 4 is 44.7 Å². The average molecular weight is 728 g/mol. The summed E-state index contributed by atoms with van der Waals surface area (Å²) in [7, 11) is 0. The molecular formula is C54H37N3. The van der Waals surface area contributed by atoms with Gasteiger partial charge in [-0.2, -0.15) is 0 Å². The molecule has 0 radical (unpaired) electrons. The van der Waals surface area contributed by atoms with Gasteiger partial charge < -0.3 is 4.57 Å². The van der Waals surface area contributed by atoms with Gasteiger partial charge in [-0.15, -0.1) is 0 Å². The van der Waals surface area contributed by atoms with Gasteiger partial charge in [0.1, 0.15) is 5.82 Å². The predicted molar refractivity (Wildman–Crippen MR) is 237 cm³/mol. The van der Waals surface area contributed by atoms with Crippen LogP contribution < -0.4 is 0 Å². The molecule has 0 amide bonds. The van der Waals surface area contributed by atoms with Crippen molar-refractivity contribution in [3.8, 4) is 33.6 Å². The first kappa shape index (κ1) is 32.1. The highest BCUT2D eigenvalue weighted by Gasteiger charge is 2.46. The SMILES string of the molecule is C1=Nc2c(c3ccccc3n2-c2ccc(-c3ccc(-n4c5ccccc5c5cc6c(cc54)C(c4ccccc4)(c4ccccc4)c4ccccc4-6)cc3)cc2)CC1. The summed E-state index contributed by atoms with van der Waals surface area (Å²) in [6, 6.07) is 71.7. The molecule has 0 bridgehead atoms. The van der Waals surface area contributed by atoms with Crippen LogP contribution in [0.25, 0.3) is 66.3 Å². The molecule has 3 heterocycles. The third kappa shape index (κ3) is 4.57. The van der Waals surface area contributed by atoms with Gasteiger partial charge in [0.15, 0.2) is 0 Å². The number of aromatic nitrogens is 2. The largest absolute Gasteiger partial charge is 0.309 e. The number of benzene rings is 8. The van der Waals surface area contributed by atoms with Crippen LogP contribution in [-0.2, 0) is 11.8 Å². The number of hydrogen-bond acceptors (Lipinski definition) is 1. The predicted octanol–water partition coefficient (Wildman–Crippen LogP) is 13.4. The zero-order valence-corrected chi connectivity index (χ0v) is 31.3. The van der Waals surface area contributed by atoms with Crippen LogP contribution in [0.1, 0.15) is 34.2 Å². The molecule has 0 saturated heterocycles. The van der Waals surface area contributed by atoms with E-state index in [0.29, 0.717) is 0 Å². The number of para-hydroxylation sites is 2. The van der Waals surface area contributed by atoms with E-state index in [0.717, 1.165) is 30.0 Å². The second-order valence-electron chi connectivity index (χ2n) is 15.4. The summed E-state index contributed by atoms with van der Waals surface area (Å²) in [4.78, 5) is 4.87. The second-order valence-corrected chi connectivity index (χ2v) is 15.4. The molecule has 3 heteroatoms. The molecule has 57 heavy (non-hydrogen) atoms. The minimum absolute atomic E-state index is 0.460. The Bertz CT molecular complexity index is 3160. The molecule has 1 aliphatic heterocycles. The van der Waals surface area contributed by atoms with Gasteiger partial charge in [0.2, 0.25) is 0 Å². The van der Waals surface area contributed by atoms with Crippen LogP contribution in [0.3, 0.4) is 0 Å². The Morgan fingerprint density at radius 2 is 0.982 bits per heavy atom. The Hall–Kier alpha value is -7.23. The average Bonchev–Trinajstić information content (AvgIpc) is 3.90. The van der Waals surface area contributed by atoms with Gasteiger partial charge in [-0.05, 0) is 106 Å². The lowest BCUT2D eigenvalue weighted by Crippen LogP contribution is -2.28. The fraction of sp³-hybridized carbons (Fsp3) is 0.0556. The molecule has 2 aromatic heterocycles. The molecule has 2 aliphatic rings. The van der Waals surface area contributed by atoms with Crippen LogP contribution >= 0.6 is 0 Å².